The molecular weight excluding hydrogens is 210 g/mol. The maximum absolute atomic E-state index is 4.40. The van der Waals surface area contributed by atoms with Crippen molar-refractivity contribution in [3.05, 3.63) is 30.1 Å². The molecule has 1 fully saturated rings. The van der Waals surface area contributed by atoms with Crippen molar-refractivity contribution in [2.45, 2.75) is 12.3 Å². The average molecular weight is 224 g/mol. The van der Waals surface area contributed by atoms with Gasteiger partial charge in [-0.1, -0.05) is 0 Å². The second-order valence-electron chi connectivity index (χ2n) is 3.87. The van der Waals surface area contributed by atoms with E-state index >= 15 is 0 Å². The highest BCUT2D eigenvalue weighted by atomic mass is 35.5. The summed E-state index contributed by atoms with van der Waals surface area (Å²) in [5.74, 6) is 0.654. The largest absolute Gasteiger partial charge is 0.346 e. The highest BCUT2D eigenvalue weighted by Gasteiger charge is 2.16. The fraction of sp³-hybridized carbons (Fsp3) is 0.364. The van der Waals surface area contributed by atoms with Gasteiger partial charge < -0.3 is 10.3 Å². The molecule has 1 aliphatic heterocycles. The molecule has 3 nitrogen and oxygen atoms in total. The Kier molecular flexibility index (Phi) is 2.93. The van der Waals surface area contributed by atoms with Crippen LogP contribution in [0, 0.1) is 0 Å². The van der Waals surface area contributed by atoms with E-state index in [1.165, 1.54) is 17.4 Å². The number of fused-ring (bicyclic) bond motifs is 1. The molecule has 2 N–H and O–H groups in total. The Morgan fingerprint density at radius 3 is 3.13 bits per heavy atom. The second-order valence-corrected chi connectivity index (χ2v) is 3.87. The van der Waals surface area contributed by atoms with Gasteiger partial charge in [-0.3, -0.25) is 0 Å². The molecule has 3 heterocycles. The van der Waals surface area contributed by atoms with Crippen molar-refractivity contribution in [2.24, 2.45) is 0 Å². The smallest absolute Gasteiger partial charge is 0.137 e. The van der Waals surface area contributed by atoms with Crippen molar-refractivity contribution < 1.29 is 0 Å². The number of pyridine rings is 1. The summed E-state index contributed by atoms with van der Waals surface area (Å²) in [4.78, 5) is 7.51. The molecule has 15 heavy (non-hydrogen) atoms. The molecular formula is C11H14ClN3. The van der Waals surface area contributed by atoms with Crippen LogP contribution in [0.15, 0.2) is 24.5 Å². The monoisotopic (exact) mass is 223 g/mol. The third-order valence-corrected chi connectivity index (χ3v) is 2.95. The van der Waals surface area contributed by atoms with Crippen LogP contribution in [0.5, 0.6) is 0 Å². The van der Waals surface area contributed by atoms with E-state index in [-0.39, 0.29) is 12.4 Å². The van der Waals surface area contributed by atoms with Gasteiger partial charge in [-0.2, -0.15) is 0 Å². The van der Waals surface area contributed by atoms with Gasteiger partial charge >= 0.3 is 0 Å². The molecule has 1 aliphatic rings. The van der Waals surface area contributed by atoms with E-state index in [1.807, 2.05) is 12.4 Å². The first-order chi connectivity index (χ1) is 6.93. The van der Waals surface area contributed by atoms with Gasteiger partial charge in [0.1, 0.15) is 5.65 Å². The lowest BCUT2D eigenvalue weighted by molar-refractivity contribution is 0.761. The second kappa shape index (κ2) is 4.21. The molecule has 1 saturated heterocycles. The van der Waals surface area contributed by atoms with Crippen LogP contribution in [-0.2, 0) is 0 Å². The van der Waals surface area contributed by atoms with Gasteiger partial charge in [-0.05, 0) is 36.6 Å². The lowest BCUT2D eigenvalue weighted by Crippen LogP contribution is -2.08. The molecule has 0 spiro atoms. The van der Waals surface area contributed by atoms with Crippen LogP contribution in [0.1, 0.15) is 17.9 Å². The molecule has 0 amide bonds. The fourth-order valence-electron chi connectivity index (χ4n) is 2.12. The third-order valence-electron chi connectivity index (χ3n) is 2.95. The van der Waals surface area contributed by atoms with Crippen LogP contribution in [0.2, 0.25) is 0 Å². The first-order valence-electron chi connectivity index (χ1n) is 5.07. The van der Waals surface area contributed by atoms with Crippen molar-refractivity contribution in [1.29, 1.82) is 0 Å². The van der Waals surface area contributed by atoms with Crippen molar-refractivity contribution >= 4 is 23.4 Å². The predicted octanol–water partition coefficient (Wildman–Crippen LogP) is 2.06. The molecule has 80 valence electrons. The van der Waals surface area contributed by atoms with Crippen LogP contribution in [0.4, 0.5) is 0 Å². The Balaban J connectivity index is 0.000000853. The van der Waals surface area contributed by atoms with Gasteiger partial charge in [0, 0.05) is 24.3 Å². The number of nitrogens with one attached hydrogen (secondary N) is 2. The number of hydrogen-bond donors (Lipinski definition) is 2. The molecule has 0 radical (unpaired) electrons. The molecule has 0 aliphatic carbocycles. The maximum Gasteiger partial charge on any atom is 0.137 e. The van der Waals surface area contributed by atoms with Crippen LogP contribution < -0.4 is 5.32 Å². The molecule has 2 aromatic rings. The molecule has 0 saturated carbocycles. The summed E-state index contributed by atoms with van der Waals surface area (Å²) in [6, 6.07) is 4.32. The van der Waals surface area contributed by atoms with Crippen molar-refractivity contribution in [3.63, 3.8) is 0 Å². The number of hydrogen-bond acceptors (Lipinski definition) is 2. The molecule has 4 heteroatoms. The Morgan fingerprint density at radius 2 is 2.33 bits per heavy atom. The summed E-state index contributed by atoms with van der Waals surface area (Å²) in [6.45, 7) is 2.23. The van der Waals surface area contributed by atoms with Gasteiger partial charge in [0.15, 0.2) is 0 Å². The first kappa shape index (κ1) is 10.5. The minimum absolute atomic E-state index is 0. The van der Waals surface area contributed by atoms with E-state index in [1.54, 1.807) is 0 Å². The summed E-state index contributed by atoms with van der Waals surface area (Å²) in [5.41, 5.74) is 2.35. The third kappa shape index (κ3) is 1.85. The van der Waals surface area contributed by atoms with Crippen molar-refractivity contribution in [2.75, 3.05) is 13.1 Å². The highest BCUT2D eigenvalue weighted by molar-refractivity contribution is 5.85. The number of nitrogens with zero attached hydrogens (tertiary/aromatic N) is 1. The molecule has 1 atom stereocenters. The summed E-state index contributed by atoms with van der Waals surface area (Å²) < 4.78 is 0. The average Bonchev–Trinajstić information content (AvgIpc) is 2.88. The van der Waals surface area contributed by atoms with E-state index in [9.17, 15) is 0 Å². The first-order valence-corrected chi connectivity index (χ1v) is 5.07. The van der Waals surface area contributed by atoms with E-state index in [2.05, 4.69) is 27.4 Å². The van der Waals surface area contributed by atoms with E-state index in [4.69, 9.17) is 0 Å². The zero-order chi connectivity index (χ0) is 9.38. The minimum atomic E-state index is 0. The van der Waals surface area contributed by atoms with Crippen molar-refractivity contribution in [1.82, 2.24) is 15.3 Å². The Bertz CT molecular complexity index is 446. The topological polar surface area (TPSA) is 40.7 Å². The highest BCUT2D eigenvalue weighted by Crippen LogP contribution is 2.23. The number of rotatable bonds is 1. The molecule has 0 bridgehead atoms. The minimum Gasteiger partial charge on any atom is -0.346 e. The van der Waals surface area contributed by atoms with Crippen molar-refractivity contribution in [3.8, 4) is 0 Å². The number of H-pyrrole nitrogens is 1. The van der Waals surface area contributed by atoms with E-state index in [0.717, 1.165) is 18.7 Å². The fourth-order valence-corrected chi connectivity index (χ4v) is 2.12. The normalized spacial score (nSPS) is 20.4. The summed E-state index contributed by atoms with van der Waals surface area (Å²) >= 11 is 0. The van der Waals surface area contributed by atoms with Crippen LogP contribution in [-0.4, -0.2) is 23.1 Å². The Morgan fingerprint density at radius 1 is 1.40 bits per heavy atom. The molecule has 2 aromatic heterocycles. The molecule has 1 unspecified atom stereocenters. The lowest BCUT2D eigenvalue weighted by atomic mass is 10.00. The SMILES string of the molecule is Cl.c1cc2cc(C3CCNC3)cnc2[nH]1. The number of aromatic nitrogens is 2. The van der Waals surface area contributed by atoms with Gasteiger partial charge in [-0.25, -0.2) is 4.98 Å². The van der Waals surface area contributed by atoms with Gasteiger partial charge in [0.05, 0.1) is 0 Å². The van der Waals surface area contributed by atoms with E-state index in [0.29, 0.717) is 5.92 Å². The summed E-state index contributed by atoms with van der Waals surface area (Å²) in [6.07, 6.45) is 5.17. The quantitative estimate of drug-likeness (QED) is 0.777. The Hall–Kier alpha value is -1.06. The van der Waals surface area contributed by atoms with Crippen LogP contribution in [0.25, 0.3) is 11.0 Å². The van der Waals surface area contributed by atoms with Gasteiger partial charge in [-0.15, -0.1) is 12.4 Å². The predicted molar refractivity (Wildman–Crippen MR) is 63.6 cm³/mol. The number of aromatic amines is 1. The maximum atomic E-state index is 4.40. The van der Waals surface area contributed by atoms with Crippen LogP contribution >= 0.6 is 12.4 Å². The number of halogens is 1. The van der Waals surface area contributed by atoms with Gasteiger partial charge in [0.25, 0.3) is 0 Å². The zero-order valence-electron chi connectivity index (χ0n) is 8.36. The standard InChI is InChI=1S/C11H13N3.ClH/c1-3-12-6-9(1)10-5-8-2-4-13-11(8)14-7-10;/h2,4-5,7,9,12H,1,3,6H2,(H,13,14);1H. The lowest BCUT2D eigenvalue weighted by Gasteiger charge is -2.07. The van der Waals surface area contributed by atoms with Gasteiger partial charge in [0.2, 0.25) is 0 Å². The summed E-state index contributed by atoms with van der Waals surface area (Å²) in [7, 11) is 0. The summed E-state index contributed by atoms with van der Waals surface area (Å²) in [5, 5.41) is 4.59. The Labute approximate surface area is 94.7 Å². The molecule has 0 aromatic carbocycles. The zero-order valence-corrected chi connectivity index (χ0v) is 9.18. The van der Waals surface area contributed by atoms with E-state index < -0.39 is 0 Å². The molecule has 3 rings (SSSR count). The van der Waals surface area contributed by atoms with Crippen LogP contribution in [0.3, 0.4) is 0 Å².